The Morgan fingerprint density at radius 1 is 1.15 bits per heavy atom. The molecule has 136 valence electrons. The minimum atomic E-state index is -0.424. The van der Waals surface area contributed by atoms with Crippen LogP contribution < -0.4 is 4.98 Å². The SMILES string of the molecule is C/C=C1\C2C=CC(C)C1(N=C/C=C/c1ccccc1)c1ccc(O)[nH+]c1C2. The third-order valence-electron chi connectivity index (χ3n) is 5.74. The Bertz CT molecular complexity index is 956. The number of H-pyrrole nitrogens is 1. The van der Waals surface area contributed by atoms with Crippen LogP contribution >= 0.6 is 0 Å². The molecule has 2 aliphatic rings. The quantitative estimate of drug-likeness (QED) is 0.637. The van der Waals surface area contributed by atoms with Crippen molar-refractivity contribution in [3.05, 3.63) is 89.2 Å². The number of rotatable bonds is 3. The number of hydrogen-bond acceptors (Lipinski definition) is 2. The van der Waals surface area contributed by atoms with Crippen LogP contribution in [0.4, 0.5) is 0 Å². The Labute approximate surface area is 160 Å². The van der Waals surface area contributed by atoms with Crippen LogP contribution in [0, 0.1) is 11.8 Å². The standard InChI is InChI=1S/C24H24N2O/c1-3-20-19-12-11-17(2)24(20,21-13-14-23(27)26-22(21)16-19)25-15-7-10-18-8-5-4-6-9-18/h3-15,17,19H,16H2,1-2H3,(H,26,27)/p+1/b10-7+,20-3+,25-15?. The fraction of sp³-hybridized carbons (Fsp3) is 0.250. The Morgan fingerprint density at radius 3 is 2.74 bits per heavy atom. The molecular weight excluding hydrogens is 332 g/mol. The fourth-order valence-electron chi connectivity index (χ4n) is 4.51. The number of benzene rings is 1. The van der Waals surface area contributed by atoms with E-state index in [9.17, 15) is 5.11 Å². The maximum Gasteiger partial charge on any atom is 0.363 e. The smallest absolute Gasteiger partial charge is 0.363 e. The first-order valence-electron chi connectivity index (χ1n) is 9.51. The van der Waals surface area contributed by atoms with Crippen LogP contribution in [-0.4, -0.2) is 11.3 Å². The molecule has 3 unspecified atom stereocenters. The van der Waals surface area contributed by atoms with Crippen LogP contribution in [0.25, 0.3) is 6.08 Å². The van der Waals surface area contributed by atoms with Crippen LogP contribution in [0.2, 0.25) is 0 Å². The van der Waals surface area contributed by atoms with Gasteiger partial charge >= 0.3 is 5.88 Å². The lowest BCUT2D eigenvalue weighted by atomic mass is 9.61. The minimum Gasteiger partial charge on any atom is -0.460 e. The van der Waals surface area contributed by atoms with Gasteiger partial charge in [-0.3, -0.25) is 4.99 Å². The molecule has 1 aromatic carbocycles. The van der Waals surface area contributed by atoms with Crippen molar-refractivity contribution in [1.82, 2.24) is 0 Å². The first-order chi connectivity index (χ1) is 13.1. The first kappa shape index (κ1) is 17.5. The van der Waals surface area contributed by atoms with Crippen LogP contribution in [0.1, 0.15) is 30.7 Å². The molecule has 0 aliphatic heterocycles. The summed E-state index contributed by atoms with van der Waals surface area (Å²) >= 11 is 0. The van der Waals surface area contributed by atoms with Gasteiger partial charge in [0.2, 0.25) is 0 Å². The molecule has 2 N–H and O–H groups in total. The van der Waals surface area contributed by atoms with Gasteiger partial charge in [-0.25, -0.2) is 0 Å². The molecular formula is C24H25N2O+. The number of nitrogens with zero attached hydrogens (tertiary/aromatic N) is 1. The molecule has 0 spiro atoms. The topological polar surface area (TPSA) is 46.7 Å². The molecule has 3 nitrogen and oxygen atoms in total. The lowest BCUT2D eigenvalue weighted by Crippen LogP contribution is -2.45. The summed E-state index contributed by atoms with van der Waals surface area (Å²) in [7, 11) is 0. The van der Waals surface area contributed by atoms with E-state index in [1.54, 1.807) is 6.07 Å². The monoisotopic (exact) mass is 357 g/mol. The summed E-state index contributed by atoms with van der Waals surface area (Å²) in [5.74, 6) is 0.751. The summed E-state index contributed by atoms with van der Waals surface area (Å²) in [4.78, 5) is 8.29. The molecule has 0 saturated carbocycles. The number of aromatic hydroxyl groups is 1. The average molecular weight is 357 g/mol. The Hall–Kier alpha value is -2.94. The predicted octanol–water partition coefficient (Wildman–Crippen LogP) is 4.51. The number of allylic oxidation sites excluding steroid dienone is 3. The molecule has 0 radical (unpaired) electrons. The van der Waals surface area contributed by atoms with Gasteiger partial charge in [-0.05, 0) is 30.2 Å². The third-order valence-corrected chi connectivity index (χ3v) is 5.74. The van der Waals surface area contributed by atoms with Gasteiger partial charge in [-0.2, -0.15) is 4.98 Å². The van der Waals surface area contributed by atoms with Crippen LogP contribution in [0.15, 0.2) is 77.3 Å². The van der Waals surface area contributed by atoms with E-state index in [4.69, 9.17) is 4.99 Å². The predicted molar refractivity (Wildman–Crippen MR) is 110 cm³/mol. The second-order valence-corrected chi connectivity index (χ2v) is 7.28. The van der Waals surface area contributed by atoms with Gasteiger partial charge in [0.1, 0.15) is 5.54 Å². The molecule has 4 rings (SSSR count). The van der Waals surface area contributed by atoms with E-state index in [0.29, 0.717) is 5.92 Å². The summed E-state index contributed by atoms with van der Waals surface area (Å²) in [5, 5.41) is 9.93. The lowest BCUT2D eigenvalue weighted by Gasteiger charge is -2.45. The summed E-state index contributed by atoms with van der Waals surface area (Å²) < 4.78 is 0. The molecule has 0 amide bonds. The van der Waals surface area contributed by atoms with E-state index in [0.717, 1.165) is 23.2 Å². The largest absolute Gasteiger partial charge is 0.460 e. The normalized spacial score (nSPS) is 28.1. The maximum absolute atomic E-state index is 9.93. The van der Waals surface area contributed by atoms with Crippen LogP contribution in [-0.2, 0) is 12.0 Å². The van der Waals surface area contributed by atoms with Crippen molar-refractivity contribution in [3.8, 4) is 5.88 Å². The summed E-state index contributed by atoms with van der Waals surface area (Å²) in [5.41, 5.74) is 4.31. The third kappa shape index (κ3) is 2.93. The van der Waals surface area contributed by atoms with Crippen LogP contribution in [0.5, 0.6) is 5.88 Å². The van der Waals surface area contributed by atoms with Crippen LogP contribution in [0.3, 0.4) is 0 Å². The van der Waals surface area contributed by atoms with Gasteiger partial charge in [-0.15, -0.1) is 0 Å². The number of fused-ring (bicyclic) bond motifs is 4. The minimum absolute atomic E-state index is 0.204. The van der Waals surface area contributed by atoms with Crippen molar-refractivity contribution in [1.29, 1.82) is 0 Å². The highest BCUT2D eigenvalue weighted by molar-refractivity contribution is 5.79. The van der Waals surface area contributed by atoms with Gasteiger partial charge in [0.25, 0.3) is 0 Å². The molecule has 0 saturated heterocycles. The zero-order chi connectivity index (χ0) is 18.9. The van der Waals surface area contributed by atoms with E-state index in [1.165, 1.54) is 5.57 Å². The number of aliphatic imine (C=N–C) groups is 1. The van der Waals surface area contributed by atoms with Crippen molar-refractivity contribution >= 4 is 12.3 Å². The number of pyridine rings is 1. The Kier molecular flexibility index (Phi) is 4.53. The Morgan fingerprint density at radius 2 is 1.96 bits per heavy atom. The zero-order valence-electron chi connectivity index (χ0n) is 15.8. The Balaban J connectivity index is 1.79. The summed E-state index contributed by atoms with van der Waals surface area (Å²) in [6, 6.07) is 14.0. The highest BCUT2D eigenvalue weighted by Gasteiger charge is 2.51. The van der Waals surface area contributed by atoms with Crippen molar-refractivity contribution in [2.75, 3.05) is 0 Å². The molecule has 27 heavy (non-hydrogen) atoms. The lowest BCUT2D eigenvalue weighted by molar-refractivity contribution is -0.408. The maximum atomic E-state index is 9.93. The van der Waals surface area contributed by atoms with Gasteiger partial charge < -0.3 is 5.11 Å². The van der Waals surface area contributed by atoms with Crippen molar-refractivity contribution in [3.63, 3.8) is 0 Å². The molecule has 2 aliphatic carbocycles. The number of aromatic amines is 1. The van der Waals surface area contributed by atoms with Crippen molar-refractivity contribution in [2.24, 2.45) is 16.8 Å². The summed E-state index contributed by atoms with van der Waals surface area (Å²) in [6.07, 6.45) is 13.7. The highest BCUT2D eigenvalue weighted by Crippen LogP contribution is 2.52. The molecule has 3 heteroatoms. The highest BCUT2D eigenvalue weighted by atomic mass is 16.3. The molecule has 1 aromatic heterocycles. The first-order valence-corrected chi connectivity index (χ1v) is 9.51. The molecule has 2 bridgehead atoms. The van der Waals surface area contributed by atoms with Gasteiger partial charge in [0.15, 0.2) is 5.69 Å². The molecule has 0 fully saturated rings. The van der Waals surface area contributed by atoms with Crippen molar-refractivity contribution in [2.45, 2.75) is 25.8 Å². The van der Waals surface area contributed by atoms with E-state index in [1.807, 2.05) is 36.6 Å². The fourth-order valence-corrected chi connectivity index (χ4v) is 4.51. The summed E-state index contributed by atoms with van der Waals surface area (Å²) in [6.45, 7) is 4.32. The second kappa shape index (κ2) is 6.99. The van der Waals surface area contributed by atoms with E-state index in [2.05, 4.69) is 55.3 Å². The van der Waals surface area contributed by atoms with E-state index >= 15 is 0 Å². The second-order valence-electron chi connectivity index (χ2n) is 7.28. The van der Waals surface area contributed by atoms with Gasteiger partial charge in [0.05, 0.1) is 11.6 Å². The number of aromatic nitrogens is 1. The molecule has 2 aromatic rings. The number of hydrogen-bond donors (Lipinski definition) is 1. The molecule has 3 atom stereocenters. The number of nitrogens with one attached hydrogen (secondary N) is 1. The van der Waals surface area contributed by atoms with Gasteiger partial charge in [-0.1, -0.05) is 61.6 Å². The van der Waals surface area contributed by atoms with Crippen molar-refractivity contribution < 1.29 is 10.1 Å². The van der Waals surface area contributed by atoms with E-state index < -0.39 is 5.54 Å². The zero-order valence-corrected chi connectivity index (χ0v) is 15.8. The van der Waals surface area contributed by atoms with Gasteiger partial charge in [0, 0.05) is 24.5 Å². The average Bonchev–Trinajstić information content (AvgIpc) is 2.68. The van der Waals surface area contributed by atoms with E-state index in [-0.39, 0.29) is 11.8 Å². The molecule has 1 heterocycles.